The Balaban J connectivity index is 2.18. The summed E-state index contributed by atoms with van der Waals surface area (Å²) in [5.41, 5.74) is 0.993. The second-order valence-corrected chi connectivity index (χ2v) is 5.68. The molecule has 0 aliphatic heterocycles. The molecule has 24 heavy (non-hydrogen) atoms. The van der Waals surface area contributed by atoms with Crippen molar-refractivity contribution in [2.75, 3.05) is 0 Å². The average molecular weight is 314 g/mol. The van der Waals surface area contributed by atoms with Crippen LogP contribution in [0.2, 0.25) is 0 Å². The molecule has 0 amide bonds. The molecule has 0 spiro atoms. The van der Waals surface area contributed by atoms with Crippen LogP contribution in [0.15, 0.2) is 74.7 Å². The van der Waals surface area contributed by atoms with Gasteiger partial charge in [0.1, 0.15) is 5.58 Å². The van der Waals surface area contributed by atoms with E-state index < -0.39 is 0 Å². The molecule has 5 rings (SSSR count). The van der Waals surface area contributed by atoms with Gasteiger partial charge in [-0.3, -0.25) is 4.79 Å². The highest BCUT2D eigenvalue weighted by Gasteiger charge is 2.15. The highest BCUT2D eigenvalue weighted by Crippen LogP contribution is 2.37. The molecule has 0 saturated carbocycles. The van der Waals surface area contributed by atoms with Gasteiger partial charge in [0.25, 0.3) is 0 Å². The van der Waals surface area contributed by atoms with E-state index in [1.807, 2.05) is 0 Å². The SMILES string of the molecule is O=c1c2ccc3occcc3c2c([O-])c2c1ccc1[o+]cccc12. The first-order valence-electron chi connectivity index (χ1n) is 7.52. The van der Waals surface area contributed by atoms with Gasteiger partial charge in [-0.05, 0) is 47.2 Å². The summed E-state index contributed by atoms with van der Waals surface area (Å²) >= 11 is 0. The molecule has 5 aromatic rings. The molecule has 0 aliphatic rings. The summed E-state index contributed by atoms with van der Waals surface area (Å²) in [4.78, 5) is 12.9. The van der Waals surface area contributed by atoms with E-state index in [2.05, 4.69) is 0 Å². The second-order valence-electron chi connectivity index (χ2n) is 5.68. The van der Waals surface area contributed by atoms with Gasteiger partial charge in [-0.25, -0.2) is 4.42 Å². The van der Waals surface area contributed by atoms with E-state index in [4.69, 9.17) is 8.83 Å². The quantitative estimate of drug-likeness (QED) is 0.244. The molecule has 3 aromatic carbocycles. The van der Waals surface area contributed by atoms with Crippen LogP contribution in [0.1, 0.15) is 0 Å². The maximum Gasteiger partial charge on any atom is 0.360 e. The van der Waals surface area contributed by atoms with Crippen molar-refractivity contribution in [1.29, 1.82) is 0 Å². The van der Waals surface area contributed by atoms with E-state index in [9.17, 15) is 9.90 Å². The minimum absolute atomic E-state index is 0.156. The van der Waals surface area contributed by atoms with Crippen LogP contribution in [0.4, 0.5) is 0 Å². The Bertz CT molecular complexity index is 1230. The van der Waals surface area contributed by atoms with Crippen LogP contribution in [-0.2, 0) is 0 Å². The van der Waals surface area contributed by atoms with Gasteiger partial charge in [0.2, 0.25) is 0 Å². The van der Waals surface area contributed by atoms with Crippen molar-refractivity contribution in [3.63, 3.8) is 0 Å². The van der Waals surface area contributed by atoms with Gasteiger partial charge in [0.15, 0.2) is 5.43 Å². The van der Waals surface area contributed by atoms with Gasteiger partial charge in [-0.2, -0.15) is 0 Å². The van der Waals surface area contributed by atoms with E-state index >= 15 is 0 Å². The van der Waals surface area contributed by atoms with Crippen molar-refractivity contribution in [2.24, 2.45) is 0 Å². The summed E-state index contributed by atoms with van der Waals surface area (Å²) in [6.07, 6.45) is 3.10. The van der Waals surface area contributed by atoms with Gasteiger partial charge in [0.05, 0.1) is 11.6 Å². The van der Waals surface area contributed by atoms with Crippen LogP contribution in [0.25, 0.3) is 43.5 Å². The molecule has 0 aliphatic carbocycles. The lowest BCUT2D eigenvalue weighted by Gasteiger charge is -2.16. The van der Waals surface area contributed by atoms with Crippen molar-refractivity contribution in [1.82, 2.24) is 0 Å². The van der Waals surface area contributed by atoms with Crippen molar-refractivity contribution < 1.29 is 13.9 Å². The number of hydrogen-bond acceptors (Lipinski definition) is 3. The highest BCUT2D eigenvalue weighted by molar-refractivity contribution is 6.20. The molecule has 0 bridgehead atoms. The van der Waals surface area contributed by atoms with E-state index in [-0.39, 0.29) is 11.2 Å². The first kappa shape index (κ1) is 13.1. The Morgan fingerprint density at radius 1 is 0.833 bits per heavy atom. The lowest BCUT2D eigenvalue weighted by atomic mass is 9.96. The zero-order chi connectivity index (χ0) is 16.3. The minimum Gasteiger partial charge on any atom is -0.872 e. The van der Waals surface area contributed by atoms with Gasteiger partial charge in [-0.15, -0.1) is 0 Å². The van der Waals surface area contributed by atoms with Gasteiger partial charge in [-0.1, -0.05) is 5.75 Å². The monoisotopic (exact) mass is 314 g/mol. The molecule has 0 atom stereocenters. The average Bonchev–Trinajstić information content (AvgIpc) is 2.64. The summed E-state index contributed by atoms with van der Waals surface area (Å²) in [7, 11) is 0. The fourth-order valence-electron chi connectivity index (χ4n) is 3.37. The Hall–Kier alpha value is -3.40. The molecule has 2 heterocycles. The lowest BCUT2D eigenvalue weighted by molar-refractivity contribution is -0.263. The van der Waals surface area contributed by atoms with E-state index in [0.29, 0.717) is 43.5 Å². The third-order valence-electron chi connectivity index (χ3n) is 4.43. The molecular formula is C20H10O4. The number of fused-ring (bicyclic) bond motifs is 6. The van der Waals surface area contributed by atoms with Crippen molar-refractivity contribution in [3.05, 3.63) is 71.3 Å². The summed E-state index contributed by atoms with van der Waals surface area (Å²) < 4.78 is 10.9. The number of hydrogen-bond donors (Lipinski definition) is 0. The number of rotatable bonds is 0. The summed E-state index contributed by atoms with van der Waals surface area (Å²) in [6.45, 7) is 0. The van der Waals surface area contributed by atoms with Crippen LogP contribution in [0.3, 0.4) is 0 Å². The van der Waals surface area contributed by atoms with Crippen molar-refractivity contribution in [3.8, 4) is 5.75 Å². The van der Waals surface area contributed by atoms with Gasteiger partial charge in [0, 0.05) is 28.3 Å². The minimum atomic E-state index is -0.182. The predicted molar refractivity (Wildman–Crippen MR) is 91.1 cm³/mol. The summed E-state index contributed by atoms with van der Waals surface area (Å²) in [5.74, 6) is -0.182. The van der Waals surface area contributed by atoms with Crippen molar-refractivity contribution in [2.45, 2.75) is 0 Å². The zero-order valence-corrected chi connectivity index (χ0v) is 12.4. The molecule has 0 unspecified atom stereocenters. The van der Waals surface area contributed by atoms with E-state index in [0.717, 1.165) is 0 Å². The van der Waals surface area contributed by atoms with Crippen molar-refractivity contribution >= 4 is 43.5 Å². The second kappa shape index (κ2) is 4.55. The Morgan fingerprint density at radius 3 is 2.46 bits per heavy atom. The Morgan fingerprint density at radius 2 is 1.58 bits per heavy atom. The molecular weight excluding hydrogens is 304 g/mol. The van der Waals surface area contributed by atoms with E-state index in [1.165, 1.54) is 0 Å². The van der Waals surface area contributed by atoms with Crippen LogP contribution < -0.4 is 10.5 Å². The highest BCUT2D eigenvalue weighted by atomic mass is 16.3. The topological polar surface area (TPSA) is 64.6 Å². The molecule has 2 aromatic heterocycles. The van der Waals surface area contributed by atoms with Crippen LogP contribution in [-0.4, -0.2) is 0 Å². The first-order valence-corrected chi connectivity index (χ1v) is 7.52. The maximum atomic E-state index is 13.2. The van der Waals surface area contributed by atoms with Gasteiger partial charge < -0.3 is 9.52 Å². The molecule has 4 heteroatoms. The normalized spacial score (nSPS) is 11.7. The smallest absolute Gasteiger partial charge is 0.360 e. The molecule has 0 saturated heterocycles. The fourth-order valence-corrected chi connectivity index (χ4v) is 3.37. The molecule has 0 N–H and O–H groups in total. The first-order chi connectivity index (χ1) is 11.8. The third-order valence-corrected chi connectivity index (χ3v) is 4.43. The largest absolute Gasteiger partial charge is 0.872 e. The Labute approximate surface area is 135 Å². The third kappa shape index (κ3) is 1.57. The van der Waals surface area contributed by atoms with E-state index in [1.54, 1.807) is 61.1 Å². The lowest BCUT2D eigenvalue weighted by Crippen LogP contribution is -2.06. The molecule has 0 radical (unpaired) electrons. The standard InChI is InChI=1S/C20H10O4/c21-19-13-5-7-15-11(3-1-9-23-15)17(13)20(22)18-12-4-2-10-24-16(12)8-6-14(18)19/h1-10H. The Kier molecular flexibility index (Phi) is 2.48. The zero-order valence-electron chi connectivity index (χ0n) is 12.4. The maximum absolute atomic E-state index is 13.2. The molecule has 0 fully saturated rings. The summed E-state index contributed by atoms with van der Waals surface area (Å²) in [6, 6.07) is 13.8. The van der Waals surface area contributed by atoms with Crippen LogP contribution >= 0.6 is 0 Å². The van der Waals surface area contributed by atoms with Crippen LogP contribution in [0, 0.1) is 0 Å². The fraction of sp³-hybridized carbons (Fsp3) is 0. The summed E-state index contributed by atoms with van der Waals surface area (Å²) in [5, 5.41) is 16.1. The molecule has 4 nitrogen and oxygen atoms in total. The van der Waals surface area contributed by atoms with Gasteiger partial charge >= 0.3 is 11.8 Å². The van der Waals surface area contributed by atoms with Crippen LogP contribution in [0.5, 0.6) is 5.75 Å². The molecule has 114 valence electrons. The predicted octanol–water partition coefficient (Wildman–Crippen LogP) is 4.20. The number of benzene rings is 3.